The predicted molar refractivity (Wildman–Crippen MR) is 94.4 cm³/mol. The molecule has 0 bridgehead atoms. The number of hydrogen-bond acceptors (Lipinski definition) is 2. The normalized spacial score (nSPS) is 13.5. The van der Waals surface area contributed by atoms with Crippen LogP contribution in [-0.2, 0) is 17.8 Å². The number of rotatable bonds is 5. The van der Waals surface area contributed by atoms with Gasteiger partial charge in [-0.3, -0.25) is 4.79 Å². The van der Waals surface area contributed by atoms with E-state index in [1.165, 1.54) is 11.1 Å². The van der Waals surface area contributed by atoms with Crippen molar-refractivity contribution in [3.05, 3.63) is 64.1 Å². The highest BCUT2D eigenvalue weighted by Crippen LogP contribution is 2.20. The van der Waals surface area contributed by atoms with Crippen molar-refractivity contribution in [3.63, 3.8) is 0 Å². The third-order valence-corrected chi connectivity index (χ3v) is 4.58. The van der Waals surface area contributed by atoms with Gasteiger partial charge in [0.2, 0.25) is 5.91 Å². The summed E-state index contributed by atoms with van der Waals surface area (Å²) >= 11 is 3.42. The molecule has 0 saturated heterocycles. The van der Waals surface area contributed by atoms with E-state index in [2.05, 4.69) is 34.1 Å². The molecule has 120 valence electrons. The Morgan fingerprint density at radius 2 is 1.96 bits per heavy atom. The number of fused-ring (bicyclic) bond motifs is 1. The number of amides is 1. The quantitative estimate of drug-likeness (QED) is 0.735. The summed E-state index contributed by atoms with van der Waals surface area (Å²) in [5, 5.41) is 0. The number of carbonyl (C=O) groups excluding carboxylic acids is 1. The molecular weight excluding hydrogens is 354 g/mol. The number of hydrogen-bond donors (Lipinski definition) is 0. The molecule has 0 radical (unpaired) electrons. The highest BCUT2D eigenvalue weighted by molar-refractivity contribution is 9.10. The van der Waals surface area contributed by atoms with E-state index in [-0.39, 0.29) is 5.91 Å². The van der Waals surface area contributed by atoms with Gasteiger partial charge in [-0.2, -0.15) is 0 Å². The predicted octanol–water partition coefficient (Wildman–Crippen LogP) is 4.19. The molecule has 1 heterocycles. The minimum atomic E-state index is 0.220. The zero-order valence-corrected chi connectivity index (χ0v) is 14.6. The standard InChI is InChI=1S/C19H20BrNO2/c20-17-7-3-8-18(13-17)23-12-4-9-19(22)21-11-10-15-5-1-2-6-16(15)14-21/h1-3,5-8,13H,4,9-12,14H2. The third kappa shape index (κ3) is 4.35. The van der Waals surface area contributed by atoms with E-state index in [0.29, 0.717) is 13.0 Å². The van der Waals surface area contributed by atoms with Crippen LogP contribution in [0.25, 0.3) is 0 Å². The molecule has 2 aromatic rings. The van der Waals surface area contributed by atoms with Crippen molar-refractivity contribution in [1.29, 1.82) is 0 Å². The van der Waals surface area contributed by atoms with Gasteiger partial charge >= 0.3 is 0 Å². The molecule has 2 aromatic carbocycles. The van der Waals surface area contributed by atoms with Crippen LogP contribution in [0.2, 0.25) is 0 Å². The van der Waals surface area contributed by atoms with Gasteiger partial charge in [-0.25, -0.2) is 0 Å². The van der Waals surface area contributed by atoms with E-state index >= 15 is 0 Å². The lowest BCUT2D eigenvalue weighted by Gasteiger charge is -2.29. The monoisotopic (exact) mass is 373 g/mol. The van der Waals surface area contributed by atoms with Crippen molar-refractivity contribution in [3.8, 4) is 5.75 Å². The Morgan fingerprint density at radius 3 is 2.78 bits per heavy atom. The fourth-order valence-electron chi connectivity index (χ4n) is 2.84. The summed E-state index contributed by atoms with van der Waals surface area (Å²) in [4.78, 5) is 14.3. The molecule has 3 nitrogen and oxygen atoms in total. The summed E-state index contributed by atoms with van der Waals surface area (Å²) in [5.41, 5.74) is 2.65. The average molecular weight is 374 g/mol. The highest BCUT2D eigenvalue weighted by Gasteiger charge is 2.19. The molecule has 1 aliphatic rings. The van der Waals surface area contributed by atoms with Gasteiger partial charge in [-0.1, -0.05) is 46.3 Å². The lowest BCUT2D eigenvalue weighted by molar-refractivity contribution is -0.132. The maximum absolute atomic E-state index is 12.3. The van der Waals surface area contributed by atoms with Crippen molar-refractivity contribution in [2.24, 2.45) is 0 Å². The smallest absolute Gasteiger partial charge is 0.223 e. The average Bonchev–Trinajstić information content (AvgIpc) is 2.58. The number of ether oxygens (including phenoxy) is 1. The SMILES string of the molecule is O=C(CCCOc1cccc(Br)c1)N1CCc2ccccc2C1. The second kappa shape index (κ2) is 7.64. The lowest BCUT2D eigenvalue weighted by atomic mass is 9.99. The van der Waals surface area contributed by atoms with E-state index in [1.54, 1.807) is 0 Å². The van der Waals surface area contributed by atoms with Gasteiger partial charge in [-0.15, -0.1) is 0 Å². The number of benzene rings is 2. The van der Waals surface area contributed by atoms with Crippen molar-refractivity contribution in [2.75, 3.05) is 13.2 Å². The summed E-state index contributed by atoms with van der Waals surface area (Å²) < 4.78 is 6.68. The van der Waals surface area contributed by atoms with Gasteiger partial charge in [0.05, 0.1) is 6.61 Å². The molecule has 0 N–H and O–H groups in total. The molecule has 1 aliphatic heterocycles. The summed E-state index contributed by atoms with van der Waals surface area (Å²) in [5.74, 6) is 1.05. The Hall–Kier alpha value is -1.81. The Balaban J connectivity index is 1.43. The van der Waals surface area contributed by atoms with E-state index in [9.17, 15) is 4.79 Å². The van der Waals surface area contributed by atoms with Gasteiger partial charge in [0.1, 0.15) is 5.75 Å². The van der Waals surface area contributed by atoms with Gasteiger partial charge in [0.25, 0.3) is 0 Å². The summed E-state index contributed by atoms with van der Waals surface area (Å²) in [7, 11) is 0. The molecule has 0 saturated carbocycles. The number of nitrogens with zero attached hydrogens (tertiary/aromatic N) is 1. The Kier molecular flexibility index (Phi) is 5.34. The second-order valence-electron chi connectivity index (χ2n) is 5.74. The van der Waals surface area contributed by atoms with E-state index < -0.39 is 0 Å². The van der Waals surface area contributed by atoms with E-state index in [1.807, 2.05) is 35.2 Å². The van der Waals surface area contributed by atoms with Gasteiger partial charge in [-0.05, 0) is 42.2 Å². The first-order valence-electron chi connectivity index (χ1n) is 7.95. The van der Waals surface area contributed by atoms with Gasteiger partial charge in [0, 0.05) is 24.0 Å². The summed E-state index contributed by atoms with van der Waals surface area (Å²) in [6.07, 6.45) is 2.23. The van der Waals surface area contributed by atoms with Crippen LogP contribution in [0.3, 0.4) is 0 Å². The molecule has 4 heteroatoms. The maximum atomic E-state index is 12.3. The molecule has 0 spiro atoms. The van der Waals surface area contributed by atoms with Crippen molar-refractivity contribution < 1.29 is 9.53 Å². The number of halogens is 1. The minimum Gasteiger partial charge on any atom is -0.494 e. The third-order valence-electron chi connectivity index (χ3n) is 4.08. The Bertz CT molecular complexity index is 687. The van der Waals surface area contributed by atoms with Crippen LogP contribution in [0.4, 0.5) is 0 Å². The van der Waals surface area contributed by atoms with Gasteiger partial charge < -0.3 is 9.64 Å². The van der Waals surface area contributed by atoms with Crippen LogP contribution >= 0.6 is 15.9 Å². The van der Waals surface area contributed by atoms with Crippen LogP contribution in [0.5, 0.6) is 5.75 Å². The lowest BCUT2D eigenvalue weighted by Crippen LogP contribution is -2.35. The maximum Gasteiger partial charge on any atom is 0.223 e. The zero-order valence-electron chi connectivity index (χ0n) is 13.0. The second-order valence-corrected chi connectivity index (χ2v) is 6.66. The fraction of sp³-hybridized carbons (Fsp3) is 0.316. The van der Waals surface area contributed by atoms with E-state index in [4.69, 9.17) is 4.74 Å². The minimum absolute atomic E-state index is 0.220. The Labute approximate surface area is 145 Å². The summed E-state index contributed by atoms with van der Waals surface area (Å²) in [6.45, 7) is 2.12. The molecule has 0 aromatic heterocycles. The van der Waals surface area contributed by atoms with Crippen LogP contribution in [0, 0.1) is 0 Å². The van der Waals surface area contributed by atoms with Crippen LogP contribution in [0.1, 0.15) is 24.0 Å². The molecule has 0 fully saturated rings. The number of carbonyl (C=O) groups is 1. The highest BCUT2D eigenvalue weighted by atomic mass is 79.9. The molecule has 0 atom stereocenters. The first-order chi connectivity index (χ1) is 11.2. The molecular formula is C19H20BrNO2. The zero-order chi connectivity index (χ0) is 16.1. The molecule has 1 amide bonds. The van der Waals surface area contributed by atoms with Crippen LogP contribution < -0.4 is 4.74 Å². The first kappa shape index (κ1) is 16.1. The van der Waals surface area contributed by atoms with E-state index in [0.717, 1.165) is 36.2 Å². The van der Waals surface area contributed by atoms with Crippen molar-refractivity contribution in [2.45, 2.75) is 25.8 Å². The van der Waals surface area contributed by atoms with Crippen molar-refractivity contribution in [1.82, 2.24) is 4.90 Å². The van der Waals surface area contributed by atoms with Crippen LogP contribution in [-0.4, -0.2) is 24.0 Å². The topological polar surface area (TPSA) is 29.5 Å². The van der Waals surface area contributed by atoms with Gasteiger partial charge in [0.15, 0.2) is 0 Å². The largest absolute Gasteiger partial charge is 0.494 e. The first-order valence-corrected chi connectivity index (χ1v) is 8.74. The van der Waals surface area contributed by atoms with Crippen molar-refractivity contribution >= 4 is 21.8 Å². The fourth-order valence-corrected chi connectivity index (χ4v) is 3.22. The molecule has 23 heavy (non-hydrogen) atoms. The molecule has 3 rings (SSSR count). The molecule has 0 unspecified atom stereocenters. The van der Waals surface area contributed by atoms with Crippen LogP contribution in [0.15, 0.2) is 53.0 Å². The Morgan fingerprint density at radius 1 is 1.13 bits per heavy atom. The molecule has 0 aliphatic carbocycles. The summed E-state index contributed by atoms with van der Waals surface area (Å²) in [6, 6.07) is 16.1.